The molecule has 2 heterocycles. The van der Waals surface area contributed by atoms with Crippen molar-refractivity contribution >= 4 is 27.6 Å². The number of nitrogens with two attached hydrogens (primary N) is 1. The van der Waals surface area contributed by atoms with Gasteiger partial charge in [0, 0.05) is 18.8 Å². The van der Waals surface area contributed by atoms with Crippen LogP contribution in [0.4, 0.5) is 5.69 Å². The van der Waals surface area contributed by atoms with E-state index in [1.165, 1.54) is 29.2 Å². The highest BCUT2D eigenvalue weighted by Gasteiger charge is 2.43. The van der Waals surface area contributed by atoms with E-state index in [0.29, 0.717) is 12.2 Å². The summed E-state index contributed by atoms with van der Waals surface area (Å²) in [6.45, 7) is 0.751. The molecule has 0 aromatic heterocycles. The van der Waals surface area contributed by atoms with Crippen LogP contribution in [0.5, 0.6) is 0 Å². The summed E-state index contributed by atoms with van der Waals surface area (Å²) in [6.07, 6.45) is 1.48. The number of hydrogen-bond acceptors (Lipinski definition) is 10. The van der Waals surface area contributed by atoms with Crippen LogP contribution >= 0.6 is 0 Å². The van der Waals surface area contributed by atoms with Crippen molar-refractivity contribution in [2.75, 3.05) is 32.3 Å². The summed E-state index contributed by atoms with van der Waals surface area (Å²) in [5.74, 6) is -2.87. The molecule has 39 heavy (non-hydrogen) atoms. The number of anilines is 1. The normalized spacial score (nSPS) is 19.6. The minimum absolute atomic E-state index is 0.00387. The largest absolute Gasteiger partial charge is 0.466 e. The molecule has 0 bridgehead atoms. The number of ether oxygens (including phenoxy) is 3. The van der Waals surface area contributed by atoms with Gasteiger partial charge < -0.3 is 19.9 Å². The Bertz CT molecular complexity index is 1460. The van der Waals surface area contributed by atoms with Crippen LogP contribution in [0.3, 0.4) is 0 Å². The Morgan fingerprint density at radius 1 is 1.10 bits per heavy atom. The summed E-state index contributed by atoms with van der Waals surface area (Å²) in [4.78, 5) is 27.4. The molecule has 0 saturated carbocycles. The monoisotopic (exact) mass is 552 g/mol. The van der Waals surface area contributed by atoms with E-state index in [1.54, 1.807) is 30.3 Å². The zero-order valence-electron chi connectivity index (χ0n) is 21.4. The summed E-state index contributed by atoms with van der Waals surface area (Å²) < 4.78 is 43.7. The topological polar surface area (TPSA) is 161 Å². The van der Waals surface area contributed by atoms with Gasteiger partial charge in [-0.25, -0.2) is 22.7 Å². The number of rotatable bonds is 8. The maximum atomic E-state index is 13.1. The third kappa shape index (κ3) is 5.51. The first-order chi connectivity index (χ1) is 18.7. The number of methoxy groups -OCH3 is 2. The fraction of sp³-hybridized carbons (Fsp3) is 0.296. The predicted molar refractivity (Wildman–Crippen MR) is 140 cm³/mol. The Kier molecular flexibility index (Phi) is 8.35. The van der Waals surface area contributed by atoms with Crippen LogP contribution in [0.2, 0.25) is 0 Å². The first-order valence-corrected chi connectivity index (χ1v) is 13.6. The lowest BCUT2D eigenvalue weighted by Gasteiger charge is -2.35. The van der Waals surface area contributed by atoms with Gasteiger partial charge in [0.2, 0.25) is 10.0 Å². The minimum atomic E-state index is -3.85. The number of nitrogens with one attached hydrogen (secondary N) is 1. The minimum Gasteiger partial charge on any atom is -0.466 e. The van der Waals surface area contributed by atoms with Crippen LogP contribution in [0.1, 0.15) is 24.3 Å². The van der Waals surface area contributed by atoms with Crippen LogP contribution in [0.25, 0.3) is 0 Å². The SMILES string of the molecule is COC(=O)C1=C(C(=O)OC)N(c2ccc(S(=O)(=O)NCC3CCCO3)cc2)C(N)=C(C#N)C1c1ccccc1. The van der Waals surface area contributed by atoms with Gasteiger partial charge in [-0.3, -0.25) is 4.90 Å². The van der Waals surface area contributed by atoms with Crippen LogP contribution in [-0.2, 0) is 33.8 Å². The number of esters is 2. The van der Waals surface area contributed by atoms with Gasteiger partial charge in [-0.1, -0.05) is 30.3 Å². The van der Waals surface area contributed by atoms with Gasteiger partial charge in [0.1, 0.15) is 11.5 Å². The summed E-state index contributed by atoms with van der Waals surface area (Å²) in [5, 5.41) is 10.1. The lowest BCUT2D eigenvalue weighted by Crippen LogP contribution is -2.40. The Morgan fingerprint density at radius 2 is 1.77 bits per heavy atom. The van der Waals surface area contributed by atoms with Gasteiger partial charge in [0.25, 0.3) is 0 Å². The predicted octanol–water partition coefficient (Wildman–Crippen LogP) is 2.04. The highest BCUT2D eigenvalue weighted by atomic mass is 32.2. The molecular weight excluding hydrogens is 524 g/mol. The standard InChI is InChI=1S/C27H28N4O7S/c1-36-26(32)23-22(17-7-4-3-5-8-17)21(15-28)25(29)31(24(23)27(33)37-2)18-10-12-20(13-11-18)39(34,35)30-16-19-9-6-14-38-19/h3-5,7-8,10-13,19,22,30H,6,9,14,16,29H2,1-2H3. The van der Waals surface area contributed by atoms with Crippen molar-refractivity contribution in [3.8, 4) is 6.07 Å². The van der Waals surface area contributed by atoms with Gasteiger partial charge in [-0.15, -0.1) is 0 Å². The molecule has 0 aliphatic carbocycles. The zero-order chi connectivity index (χ0) is 28.2. The third-order valence-corrected chi connectivity index (χ3v) is 7.98. The third-order valence-electron chi connectivity index (χ3n) is 6.54. The molecule has 0 spiro atoms. The quantitative estimate of drug-likeness (QED) is 0.464. The fourth-order valence-electron chi connectivity index (χ4n) is 4.65. The van der Waals surface area contributed by atoms with E-state index in [0.717, 1.165) is 27.1 Å². The van der Waals surface area contributed by atoms with Gasteiger partial charge in [-0.05, 0) is 42.7 Å². The van der Waals surface area contributed by atoms with Crippen LogP contribution in [-0.4, -0.2) is 53.8 Å². The van der Waals surface area contributed by atoms with E-state index in [2.05, 4.69) is 10.8 Å². The second kappa shape index (κ2) is 11.7. The zero-order valence-corrected chi connectivity index (χ0v) is 22.2. The van der Waals surface area contributed by atoms with E-state index in [1.807, 2.05) is 0 Å². The summed E-state index contributed by atoms with van der Waals surface area (Å²) in [7, 11) is -1.55. The molecule has 2 unspecified atom stereocenters. The maximum Gasteiger partial charge on any atom is 0.355 e. The maximum absolute atomic E-state index is 13.1. The number of carbonyl (C=O) groups is 2. The molecule has 2 aliphatic rings. The van der Waals surface area contributed by atoms with Crippen LogP contribution in [0.15, 0.2) is 82.2 Å². The van der Waals surface area contributed by atoms with E-state index in [4.69, 9.17) is 19.9 Å². The van der Waals surface area contributed by atoms with Crippen molar-refractivity contribution in [2.45, 2.75) is 29.8 Å². The van der Waals surface area contributed by atoms with Gasteiger partial charge >= 0.3 is 11.9 Å². The number of allylic oxidation sites excluding steroid dienone is 1. The van der Waals surface area contributed by atoms with E-state index < -0.39 is 27.9 Å². The Labute approximate surface area is 226 Å². The first kappa shape index (κ1) is 27.8. The highest BCUT2D eigenvalue weighted by Crippen LogP contribution is 2.43. The summed E-state index contributed by atoms with van der Waals surface area (Å²) >= 11 is 0. The number of sulfonamides is 1. The van der Waals surface area contributed by atoms with Crippen molar-refractivity contribution in [3.05, 3.63) is 82.8 Å². The van der Waals surface area contributed by atoms with Gasteiger partial charge in [-0.2, -0.15) is 5.26 Å². The smallest absolute Gasteiger partial charge is 0.355 e. The molecule has 0 radical (unpaired) electrons. The molecule has 204 valence electrons. The molecule has 0 amide bonds. The average Bonchev–Trinajstić information content (AvgIpc) is 3.49. The van der Waals surface area contributed by atoms with E-state index >= 15 is 0 Å². The molecule has 2 aromatic carbocycles. The lowest BCUT2D eigenvalue weighted by atomic mass is 9.81. The Balaban J connectivity index is 1.81. The Hall–Kier alpha value is -4.18. The molecule has 1 saturated heterocycles. The van der Waals surface area contributed by atoms with Gasteiger partial charge in [0.15, 0.2) is 0 Å². The van der Waals surface area contributed by atoms with E-state index in [9.17, 15) is 23.3 Å². The number of nitrogens with zero attached hydrogens (tertiary/aromatic N) is 2. The molecule has 2 atom stereocenters. The molecule has 4 rings (SSSR count). The molecule has 3 N–H and O–H groups in total. The second-order valence-electron chi connectivity index (χ2n) is 8.82. The lowest BCUT2D eigenvalue weighted by molar-refractivity contribution is -0.139. The van der Waals surface area contributed by atoms with Crippen molar-refractivity contribution < 1.29 is 32.2 Å². The number of carbonyl (C=O) groups excluding carboxylic acids is 2. The fourth-order valence-corrected chi connectivity index (χ4v) is 5.71. The second-order valence-corrected chi connectivity index (χ2v) is 10.6. The Morgan fingerprint density at radius 3 is 2.33 bits per heavy atom. The first-order valence-electron chi connectivity index (χ1n) is 12.1. The molecule has 11 nitrogen and oxygen atoms in total. The molecule has 2 aliphatic heterocycles. The molecular formula is C27H28N4O7S. The van der Waals surface area contributed by atoms with Crippen molar-refractivity contribution in [1.82, 2.24) is 4.72 Å². The highest BCUT2D eigenvalue weighted by molar-refractivity contribution is 7.89. The van der Waals surface area contributed by atoms with Crippen molar-refractivity contribution in [3.63, 3.8) is 0 Å². The molecule has 12 heteroatoms. The summed E-state index contributed by atoms with van der Waals surface area (Å²) in [6, 6.07) is 16.2. The number of nitriles is 1. The van der Waals surface area contributed by atoms with Crippen molar-refractivity contribution in [2.24, 2.45) is 5.73 Å². The van der Waals surface area contributed by atoms with Crippen LogP contribution < -0.4 is 15.4 Å². The van der Waals surface area contributed by atoms with E-state index in [-0.39, 0.29) is 45.9 Å². The van der Waals surface area contributed by atoms with Gasteiger partial charge in [0.05, 0.1) is 48.4 Å². The molecule has 1 fully saturated rings. The average molecular weight is 553 g/mol. The number of benzene rings is 2. The molecule has 2 aromatic rings. The van der Waals surface area contributed by atoms with Crippen LogP contribution in [0, 0.1) is 11.3 Å². The number of hydrogen-bond donors (Lipinski definition) is 2. The van der Waals surface area contributed by atoms with Crippen molar-refractivity contribution in [1.29, 1.82) is 5.26 Å². The summed E-state index contributed by atoms with van der Waals surface area (Å²) in [5.41, 5.74) is 6.85.